The summed E-state index contributed by atoms with van der Waals surface area (Å²) < 4.78 is 13.6. The summed E-state index contributed by atoms with van der Waals surface area (Å²) >= 11 is 0. The Balaban J connectivity index is 1.79. The standard InChI is InChI=1S/C21H23FN2O3/c1-14-11-16(7-9-18(14)22)19-10-8-17(20(25)26)13-24(19)21(27)23-12-15-5-3-2-4-6-15/h2-7,9,11,17,19H,8,10,12-13H2,1H3,(H,23,27)(H,25,26). The van der Waals surface area contributed by atoms with Crippen molar-refractivity contribution >= 4 is 12.0 Å². The number of likely N-dealkylation sites (tertiary alicyclic amines) is 1. The van der Waals surface area contributed by atoms with Crippen molar-refractivity contribution in [3.8, 4) is 0 Å². The number of carboxylic acid groups (broad SMARTS) is 1. The number of aliphatic carboxylic acids is 1. The number of carboxylic acids is 1. The molecule has 2 atom stereocenters. The molecule has 2 aromatic carbocycles. The van der Waals surface area contributed by atoms with Crippen LogP contribution >= 0.6 is 0 Å². The topological polar surface area (TPSA) is 69.6 Å². The number of carbonyl (C=O) groups is 2. The molecule has 0 aromatic heterocycles. The molecule has 27 heavy (non-hydrogen) atoms. The van der Waals surface area contributed by atoms with E-state index >= 15 is 0 Å². The smallest absolute Gasteiger partial charge is 0.318 e. The number of amides is 2. The molecule has 1 fully saturated rings. The Bertz CT molecular complexity index is 825. The molecule has 1 aliphatic rings. The lowest BCUT2D eigenvalue weighted by Gasteiger charge is -2.38. The van der Waals surface area contributed by atoms with Gasteiger partial charge < -0.3 is 15.3 Å². The molecule has 0 spiro atoms. The van der Waals surface area contributed by atoms with E-state index in [1.807, 2.05) is 30.3 Å². The monoisotopic (exact) mass is 370 g/mol. The Morgan fingerprint density at radius 2 is 1.93 bits per heavy atom. The van der Waals surface area contributed by atoms with E-state index < -0.39 is 11.9 Å². The first-order valence-electron chi connectivity index (χ1n) is 9.03. The number of hydrogen-bond acceptors (Lipinski definition) is 2. The van der Waals surface area contributed by atoms with Crippen LogP contribution in [-0.4, -0.2) is 28.6 Å². The third-order valence-electron chi connectivity index (χ3n) is 5.05. The zero-order valence-electron chi connectivity index (χ0n) is 15.2. The van der Waals surface area contributed by atoms with E-state index in [1.54, 1.807) is 24.0 Å². The zero-order valence-corrected chi connectivity index (χ0v) is 15.2. The molecular weight excluding hydrogens is 347 g/mol. The maximum absolute atomic E-state index is 13.6. The summed E-state index contributed by atoms with van der Waals surface area (Å²) in [6.07, 6.45) is 1.01. The summed E-state index contributed by atoms with van der Waals surface area (Å²) in [5.74, 6) is -1.78. The lowest BCUT2D eigenvalue weighted by atomic mass is 9.88. The van der Waals surface area contributed by atoms with Crippen LogP contribution in [0.15, 0.2) is 48.5 Å². The second-order valence-electron chi connectivity index (χ2n) is 6.93. The van der Waals surface area contributed by atoms with Crippen LogP contribution in [0.4, 0.5) is 9.18 Å². The van der Waals surface area contributed by atoms with Gasteiger partial charge in [0.25, 0.3) is 0 Å². The molecule has 0 radical (unpaired) electrons. The fraction of sp³-hybridized carbons (Fsp3) is 0.333. The molecule has 2 aromatic rings. The van der Waals surface area contributed by atoms with E-state index in [0.717, 1.165) is 11.1 Å². The molecule has 5 nitrogen and oxygen atoms in total. The molecule has 2 N–H and O–H groups in total. The van der Waals surface area contributed by atoms with E-state index in [0.29, 0.717) is 24.9 Å². The summed E-state index contributed by atoms with van der Waals surface area (Å²) in [5.41, 5.74) is 2.30. The van der Waals surface area contributed by atoms with E-state index in [-0.39, 0.29) is 24.4 Å². The molecule has 3 rings (SSSR count). The summed E-state index contributed by atoms with van der Waals surface area (Å²) in [4.78, 5) is 25.8. The summed E-state index contributed by atoms with van der Waals surface area (Å²) in [6, 6.07) is 13.7. The summed E-state index contributed by atoms with van der Waals surface area (Å²) in [6.45, 7) is 2.18. The van der Waals surface area contributed by atoms with Gasteiger partial charge in [-0.25, -0.2) is 9.18 Å². The van der Waals surface area contributed by atoms with Crippen molar-refractivity contribution in [3.05, 3.63) is 71.0 Å². The minimum Gasteiger partial charge on any atom is -0.481 e. The van der Waals surface area contributed by atoms with Gasteiger partial charge in [0.1, 0.15) is 5.82 Å². The average Bonchev–Trinajstić information content (AvgIpc) is 2.68. The fourth-order valence-corrected chi connectivity index (χ4v) is 3.49. The molecule has 1 aliphatic heterocycles. The number of nitrogens with zero attached hydrogens (tertiary/aromatic N) is 1. The van der Waals surface area contributed by atoms with Crippen molar-refractivity contribution in [2.45, 2.75) is 32.4 Å². The number of aryl methyl sites for hydroxylation is 1. The van der Waals surface area contributed by atoms with E-state index in [2.05, 4.69) is 5.32 Å². The highest BCUT2D eigenvalue weighted by Gasteiger charge is 2.35. The van der Waals surface area contributed by atoms with Crippen molar-refractivity contribution in [1.29, 1.82) is 0 Å². The molecule has 2 amide bonds. The van der Waals surface area contributed by atoms with Crippen molar-refractivity contribution in [1.82, 2.24) is 10.2 Å². The van der Waals surface area contributed by atoms with Gasteiger partial charge in [-0.05, 0) is 42.5 Å². The van der Waals surface area contributed by atoms with Crippen LogP contribution < -0.4 is 5.32 Å². The van der Waals surface area contributed by atoms with Crippen molar-refractivity contribution in [2.24, 2.45) is 5.92 Å². The van der Waals surface area contributed by atoms with Gasteiger partial charge in [0.15, 0.2) is 0 Å². The largest absolute Gasteiger partial charge is 0.481 e. The first-order chi connectivity index (χ1) is 13.0. The third kappa shape index (κ3) is 4.45. The maximum Gasteiger partial charge on any atom is 0.318 e. The number of piperidine rings is 1. The third-order valence-corrected chi connectivity index (χ3v) is 5.05. The van der Waals surface area contributed by atoms with Gasteiger partial charge in [0.2, 0.25) is 0 Å². The highest BCUT2D eigenvalue weighted by atomic mass is 19.1. The zero-order chi connectivity index (χ0) is 19.4. The van der Waals surface area contributed by atoms with Crippen molar-refractivity contribution in [3.63, 3.8) is 0 Å². The number of benzene rings is 2. The number of nitrogens with one attached hydrogen (secondary N) is 1. The van der Waals surface area contributed by atoms with E-state index in [1.165, 1.54) is 6.07 Å². The highest BCUT2D eigenvalue weighted by molar-refractivity contribution is 5.77. The minimum absolute atomic E-state index is 0.136. The number of carbonyl (C=O) groups excluding carboxylic acids is 1. The first kappa shape index (κ1) is 18.9. The van der Waals surface area contributed by atoms with Crippen LogP contribution in [0.5, 0.6) is 0 Å². The molecular formula is C21H23FN2O3. The Labute approximate surface area is 157 Å². The predicted octanol–water partition coefficient (Wildman–Crippen LogP) is 3.88. The molecule has 1 heterocycles. The van der Waals surface area contributed by atoms with Gasteiger partial charge in [-0.15, -0.1) is 0 Å². The molecule has 0 aliphatic carbocycles. The van der Waals surface area contributed by atoms with Crippen LogP contribution in [0.2, 0.25) is 0 Å². The second kappa shape index (κ2) is 8.20. The van der Waals surface area contributed by atoms with Crippen LogP contribution in [0.1, 0.15) is 35.6 Å². The Kier molecular flexibility index (Phi) is 5.74. The molecule has 2 unspecified atom stereocenters. The normalized spacial score (nSPS) is 19.6. The van der Waals surface area contributed by atoms with Crippen LogP contribution in [0.25, 0.3) is 0 Å². The summed E-state index contributed by atoms with van der Waals surface area (Å²) in [5, 5.41) is 12.2. The predicted molar refractivity (Wildman–Crippen MR) is 99.6 cm³/mol. The van der Waals surface area contributed by atoms with Gasteiger partial charge in [0, 0.05) is 13.1 Å². The molecule has 6 heteroatoms. The Morgan fingerprint density at radius 1 is 1.19 bits per heavy atom. The molecule has 142 valence electrons. The summed E-state index contributed by atoms with van der Waals surface area (Å²) in [7, 11) is 0. The molecule has 0 saturated carbocycles. The Morgan fingerprint density at radius 3 is 2.59 bits per heavy atom. The Hall–Kier alpha value is -2.89. The van der Waals surface area contributed by atoms with E-state index in [4.69, 9.17) is 0 Å². The second-order valence-corrected chi connectivity index (χ2v) is 6.93. The van der Waals surface area contributed by atoms with Crippen LogP contribution in [0.3, 0.4) is 0 Å². The van der Waals surface area contributed by atoms with Crippen molar-refractivity contribution < 1.29 is 19.1 Å². The van der Waals surface area contributed by atoms with Gasteiger partial charge in [-0.3, -0.25) is 4.79 Å². The van der Waals surface area contributed by atoms with Gasteiger partial charge >= 0.3 is 12.0 Å². The van der Waals surface area contributed by atoms with Crippen molar-refractivity contribution in [2.75, 3.05) is 6.54 Å². The van der Waals surface area contributed by atoms with Crippen LogP contribution in [0, 0.1) is 18.7 Å². The van der Waals surface area contributed by atoms with Gasteiger partial charge in [-0.1, -0.05) is 42.5 Å². The number of rotatable bonds is 4. The molecule has 0 bridgehead atoms. The van der Waals surface area contributed by atoms with E-state index in [9.17, 15) is 19.1 Å². The molecule has 1 saturated heterocycles. The fourth-order valence-electron chi connectivity index (χ4n) is 3.49. The lowest BCUT2D eigenvalue weighted by molar-refractivity contribution is -0.143. The minimum atomic E-state index is -0.899. The number of hydrogen-bond donors (Lipinski definition) is 2. The average molecular weight is 370 g/mol. The maximum atomic E-state index is 13.6. The first-order valence-corrected chi connectivity index (χ1v) is 9.03. The van der Waals surface area contributed by atoms with Gasteiger partial charge in [0.05, 0.1) is 12.0 Å². The van der Waals surface area contributed by atoms with Gasteiger partial charge in [-0.2, -0.15) is 0 Å². The number of urea groups is 1. The van der Waals surface area contributed by atoms with Crippen LogP contribution in [-0.2, 0) is 11.3 Å². The highest BCUT2D eigenvalue weighted by Crippen LogP contribution is 2.34. The lowest BCUT2D eigenvalue weighted by Crippen LogP contribution is -2.48. The quantitative estimate of drug-likeness (QED) is 0.858. The SMILES string of the molecule is Cc1cc(C2CCC(C(=O)O)CN2C(=O)NCc2ccccc2)ccc1F. The number of halogens is 1.